The number of rotatable bonds is 11. The molecule has 0 bridgehead atoms. The van der Waals surface area contributed by atoms with Gasteiger partial charge in [0.25, 0.3) is 0 Å². The maximum atomic E-state index is 12.9. The molecule has 42 heavy (non-hydrogen) atoms. The van der Waals surface area contributed by atoms with Crippen molar-refractivity contribution in [2.75, 3.05) is 28.4 Å². The molecule has 2 aromatic rings. The Labute approximate surface area is 243 Å². The molecule has 0 radical (unpaired) electrons. The highest BCUT2D eigenvalue weighted by Gasteiger charge is 2.47. The predicted molar refractivity (Wildman–Crippen MR) is 146 cm³/mol. The van der Waals surface area contributed by atoms with E-state index in [1.165, 1.54) is 40.6 Å². The number of carbonyl (C=O) groups is 2. The van der Waals surface area contributed by atoms with E-state index in [1.54, 1.807) is 48.6 Å². The minimum Gasteiger partial charge on any atom is -0.497 e. The second-order valence-corrected chi connectivity index (χ2v) is 9.70. The number of esters is 2. The zero-order chi connectivity index (χ0) is 30.2. The summed E-state index contributed by atoms with van der Waals surface area (Å²) in [5.41, 5.74) is 0.553. The Morgan fingerprint density at radius 2 is 1.24 bits per heavy atom. The highest BCUT2D eigenvalue weighted by molar-refractivity contribution is 5.90. The van der Waals surface area contributed by atoms with Gasteiger partial charge < -0.3 is 48.1 Å². The Bertz CT molecular complexity index is 1200. The summed E-state index contributed by atoms with van der Waals surface area (Å²) in [6, 6.07) is 12.7. The van der Waals surface area contributed by atoms with Crippen molar-refractivity contribution in [2.45, 2.75) is 62.0 Å². The minimum atomic E-state index is -1.50. The Morgan fingerprint density at radius 3 is 1.76 bits per heavy atom. The van der Waals surface area contributed by atoms with Crippen molar-refractivity contribution in [2.24, 2.45) is 0 Å². The van der Waals surface area contributed by atoms with Gasteiger partial charge in [0.2, 0.25) is 0 Å². The largest absolute Gasteiger partial charge is 0.497 e. The van der Waals surface area contributed by atoms with Gasteiger partial charge >= 0.3 is 11.9 Å². The molecule has 2 heterocycles. The Morgan fingerprint density at radius 1 is 0.690 bits per heavy atom. The fraction of sp³-hybridized carbons (Fsp3) is 0.467. The molecule has 12 heteroatoms. The molecule has 0 aliphatic carbocycles. The van der Waals surface area contributed by atoms with Crippen LogP contribution in [0.3, 0.4) is 0 Å². The highest BCUT2D eigenvalue weighted by Crippen LogP contribution is 2.30. The summed E-state index contributed by atoms with van der Waals surface area (Å²) in [4.78, 5) is 25.8. The summed E-state index contributed by atoms with van der Waals surface area (Å²) >= 11 is 0. The molecule has 228 valence electrons. The van der Waals surface area contributed by atoms with Gasteiger partial charge in [0.05, 0.1) is 25.3 Å². The van der Waals surface area contributed by atoms with Crippen LogP contribution in [0, 0.1) is 0 Å². The van der Waals surface area contributed by atoms with Crippen LogP contribution in [0.2, 0.25) is 0 Å². The number of aliphatic hydroxyl groups excluding tert-OH is 2. The van der Waals surface area contributed by atoms with E-state index < -0.39 is 61.1 Å². The van der Waals surface area contributed by atoms with Crippen molar-refractivity contribution < 1.29 is 57.7 Å². The van der Waals surface area contributed by atoms with Crippen molar-refractivity contribution in [3.63, 3.8) is 0 Å². The normalized spacial score (nSPS) is 29.0. The average Bonchev–Trinajstić information content (AvgIpc) is 3.03. The van der Waals surface area contributed by atoms with Gasteiger partial charge in [0.1, 0.15) is 42.0 Å². The van der Waals surface area contributed by atoms with Crippen molar-refractivity contribution in [3.8, 4) is 11.5 Å². The molecule has 2 N–H and O–H groups in total. The first-order valence-electron chi connectivity index (χ1n) is 13.4. The predicted octanol–water partition coefficient (Wildman–Crippen LogP) is 2.26. The summed E-state index contributed by atoms with van der Waals surface area (Å²) in [5, 5.41) is 21.4. The highest BCUT2D eigenvalue weighted by atomic mass is 16.7. The van der Waals surface area contributed by atoms with E-state index in [4.69, 9.17) is 37.9 Å². The quantitative estimate of drug-likeness (QED) is 0.293. The summed E-state index contributed by atoms with van der Waals surface area (Å²) < 4.78 is 44.1. The minimum absolute atomic E-state index is 0.176. The van der Waals surface area contributed by atoms with Crippen LogP contribution in [0.15, 0.2) is 60.7 Å². The first kappa shape index (κ1) is 31.4. The van der Waals surface area contributed by atoms with Crippen LogP contribution in [0.4, 0.5) is 0 Å². The maximum Gasteiger partial charge on any atom is 0.338 e. The Hall–Kier alpha value is -3.52. The van der Waals surface area contributed by atoms with Crippen LogP contribution in [0.25, 0.3) is 0 Å². The van der Waals surface area contributed by atoms with Gasteiger partial charge in [-0.05, 0) is 73.5 Å². The van der Waals surface area contributed by atoms with Gasteiger partial charge in [0.15, 0.2) is 18.7 Å². The van der Waals surface area contributed by atoms with E-state index in [1.807, 2.05) is 0 Å². The van der Waals surface area contributed by atoms with Gasteiger partial charge in [-0.3, -0.25) is 0 Å². The topological polar surface area (TPSA) is 148 Å². The van der Waals surface area contributed by atoms with Crippen LogP contribution in [-0.2, 0) is 28.4 Å². The third-order valence-electron chi connectivity index (χ3n) is 7.11. The fourth-order valence-electron chi connectivity index (χ4n) is 4.75. The van der Waals surface area contributed by atoms with E-state index >= 15 is 0 Å². The van der Waals surface area contributed by atoms with Gasteiger partial charge in [0, 0.05) is 14.2 Å². The molecule has 0 spiro atoms. The maximum absolute atomic E-state index is 12.9. The first-order valence-corrected chi connectivity index (χ1v) is 13.4. The summed E-state index contributed by atoms with van der Waals surface area (Å²) in [6.07, 6.45) is -4.66. The van der Waals surface area contributed by atoms with E-state index in [9.17, 15) is 19.8 Å². The standard InChI is InChI=1S/C30H36O12/c1-35-19-9-5-17(6-10-19)28(33)40-22-15-16-24(37-3)39-21(22)13-14-23-27(25(31)26(32)30(38-4)41-23)42-29(34)18-7-11-20(36-2)12-8-18/h5-12,15-16,21-27,30-32H,13-14H2,1-4H3/t21-,22-,23+,24+,25-,26+,27-,30-/m1/s1. The number of ether oxygens (including phenoxy) is 8. The molecule has 0 aromatic heterocycles. The number of carbonyl (C=O) groups excluding carboxylic acids is 2. The molecule has 2 aliphatic rings. The molecule has 12 nitrogen and oxygen atoms in total. The molecule has 1 fully saturated rings. The summed E-state index contributed by atoms with van der Waals surface area (Å²) in [5.74, 6) is -0.123. The zero-order valence-electron chi connectivity index (χ0n) is 23.8. The molecule has 2 aromatic carbocycles. The molecular formula is C30H36O12. The van der Waals surface area contributed by atoms with E-state index in [0.29, 0.717) is 17.1 Å². The molecule has 8 atom stereocenters. The average molecular weight is 589 g/mol. The van der Waals surface area contributed by atoms with Gasteiger partial charge in [-0.25, -0.2) is 9.59 Å². The second-order valence-electron chi connectivity index (χ2n) is 9.70. The number of hydrogen-bond acceptors (Lipinski definition) is 12. The SMILES string of the molecule is COc1ccc(C(=O)O[C@H]2[C@H](O)[C@H](O)[C@H](OC)O[C@H]2CC[C@H]2O[C@H](OC)C=C[C@H]2OC(=O)c2ccc(OC)cc2)cc1. The molecule has 0 saturated carbocycles. The van der Waals surface area contributed by atoms with Gasteiger partial charge in [-0.15, -0.1) is 0 Å². The van der Waals surface area contributed by atoms with E-state index in [2.05, 4.69) is 0 Å². The zero-order valence-corrected chi connectivity index (χ0v) is 23.8. The van der Waals surface area contributed by atoms with E-state index in [-0.39, 0.29) is 18.4 Å². The fourth-order valence-corrected chi connectivity index (χ4v) is 4.75. The number of benzene rings is 2. The lowest BCUT2D eigenvalue weighted by atomic mass is 9.93. The van der Waals surface area contributed by atoms with Crippen LogP contribution in [-0.4, -0.2) is 99.8 Å². The number of aliphatic hydroxyl groups is 2. The van der Waals surface area contributed by atoms with Crippen molar-refractivity contribution in [3.05, 3.63) is 71.8 Å². The molecule has 2 aliphatic heterocycles. The van der Waals surface area contributed by atoms with Gasteiger partial charge in [-0.1, -0.05) is 0 Å². The monoisotopic (exact) mass is 588 g/mol. The molecule has 1 saturated heterocycles. The lowest BCUT2D eigenvalue weighted by molar-refractivity contribution is -0.291. The number of hydrogen-bond donors (Lipinski definition) is 2. The molecule has 0 unspecified atom stereocenters. The van der Waals surface area contributed by atoms with Crippen LogP contribution in [0.5, 0.6) is 11.5 Å². The summed E-state index contributed by atoms with van der Waals surface area (Å²) in [6.45, 7) is 0. The molecule has 0 amide bonds. The van der Waals surface area contributed by atoms with Crippen molar-refractivity contribution >= 4 is 11.9 Å². The van der Waals surface area contributed by atoms with Crippen molar-refractivity contribution in [1.82, 2.24) is 0 Å². The Balaban J connectivity index is 1.48. The van der Waals surface area contributed by atoms with Gasteiger partial charge in [-0.2, -0.15) is 0 Å². The molecule has 4 rings (SSSR count). The number of methoxy groups -OCH3 is 4. The smallest absolute Gasteiger partial charge is 0.338 e. The van der Waals surface area contributed by atoms with Crippen LogP contribution >= 0.6 is 0 Å². The third-order valence-corrected chi connectivity index (χ3v) is 7.11. The summed E-state index contributed by atoms with van der Waals surface area (Å²) in [7, 11) is 5.85. The lowest BCUT2D eigenvalue weighted by Gasteiger charge is -2.42. The van der Waals surface area contributed by atoms with Crippen LogP contribution in [0.1, 0.15) is 33.6 Å². The van der Waals surface area contributed by atoms with Crippen molar-refractivity contribution in [1.29, 1.82) is 0 Å². The second kappa shape index (κ2) is 14.6. The lowest BCUT2D eigenvalue weighted by Crippen LogP contribution is -2.59. The Kier molecular flexibility index (Phi) is 10.9. The third kappa shape index (κ3) is 7.46. The van der Waals surface area contributed by atoms with Crippen LogP contribution < -0.4 is 9.47 Å². The molecular weight excluding hydrogens is 552 g/mol. The van der Waals surface area contributed by atoms with E-state index in [0.717, 1.165) is 0 Å². The first-order chi connectivity index (χ1) is 20.3.